The molecule has 0 aromatic heterocycles. The van der Waals surface area contributed by atoms with E-state index in [1.807, 2.05) is 12.1 Å². The summed E-state index contributed by atoms with van der Waals surface area (Å²) in [5.41, 5.74) is 6.69. The van der Waals surface area contributed by atoms with Crippen LogP contribution in [0.15, 0.2) is 24.3 Å². The van der Waals surface area contributed by atoms with E-state index in [1.54, 1.807) is 12.1 Å². The predicted octanol–water partition coefficient (Wildman–Crippen LogP) is 0.753. The van der Waals surface area contributed by atoms with Crippen molar-refractivity contribution in [1.82, 2.24) is 10.9 Å². The topological polar surface area (TPSA) is 65.9 Å². The number of hydrazine groups is 1. The molecule has 0 aliphatic carbocycles. The highest BCUT2D eigenvalue weighted by Gasteiger charge is 2.17. The van der Waals surface area contributed by atoms with Crippen LogP contribution in [0.2, 0.25) is 0 Å². The van der Waals surface area contributed by atoms with Gasteiger partial charge in [-0.1, -0.05) is 0 Å². The van der Waals surface area contributed by atoms with Crippen LogP contribution in [-0.4, -0.2) is 44.5 Å². The predicted molar refractivity (Wildman–Crippen MR) is 99.6 cm³/mol. The summed E-state index contributed by atoms with van der Waals surface area (Å²) in [6.45, 7) is 8.55. The van der Waals surface area contributed by atoms with Gasteiger partial charge in [0.25, 0.3) is 11.8 Å². The molecule has 25 heavy (non-hydrogen) atoms. The Morgan fingerprint density at radius 2 is 1.56 bits per heavy atom. The van der Waals surface area contributed by atoms with E-state index in [0.29, 0.717) is 12.1 Å². The van der Waals surface area contributed by atoms with E-state index in [2.05, 4.69) is 29.6 Å². The zero-order valence-electron chi connectivity index (χ0n) is 15.4. The summed E-state index contributed by atoms with van der Waals surface area (Å²) in [6, 6.07) is 7.45. The van der Waals surface area contributed by atoms with Gasteiger partial charge in [0.05, 0.1) is 13.1 Å². The molecule has 1 aliphatic heterocycles. The number of likely N-dealkylation sites (tertiary alicyclic amines) is 1. The van der Waals surface area contributed by atoms with E-state index in [0.717, 1.165) is 31.9 Å². The molecule has 1 aromatic carbocycles. The molecule has 1 fully saturated rings. The molecule has 0 radical (unpaired) electrons. The van der Waals surface area contributed by atoms with Crippen molar-refractivity contribution in [3.63, 3.8) is 0 Å². The summed E-state index contributed by atoms with van der Waals surface area (Å²) in [4.78, 5) is 27.7. The van der Waals surface area contributed by atoms with Crippen molar-refractivity contribution in [1.29, 1.82) is 0 Å². The number of benzene rings is 1. The minimum absolute atomic E-state index is 0.134. The second-order valence-electron chi connectivity index (χ2n) is 6.56. The number of carbonyl (C=O) groups excluding carboxylic acids is 2. The number of nitrogens with one attached hydrogen (secondary N) is 3. The van der Waals surface area contributed by atoms with Gasteiger partial charge in [0.15, 0.2) is 6.54 Å². The smallest absolute Gasteiger partial charge is 0.293 e. The molecule has 0 spiro atoms. The normalized spacial score (nSPS) is 15.3. The fourth-order valence-electron chi connectivity index (χ4n) is 3.29. The molecule has 0 saturated carbocycles. The monoisotopic (exact) mass is 347 g/mol. The van der Waals surface area contributed by atoms with Crippen molar-refractivity contribution < 1.29 is 14.5 Å². The third-order valence-corrected chi connectivity index (χ3v) is 4.79. The Morgan fingerprint density at radius 1 is 0.960 bits per heavy atom. The maximum Gasteiger partial charge on any atom is 0.293 e. The molecule has 1 heterocycles. The van der Waals surface area contributed by atoms with E-state index < -0.39 is 0 Å². The van der Waals surface area contributed by atoms with Gasteiger partial charge in [-0.3, -0.25) is 20.4 Å². The molecular formula is C19H31N4O2+. The Bertz CT molecular complexity index is 547. The largest absolute Gasteiger partial charge is 0.372 e. The molecule has 1 aliphatic rings. The Balaban J connectivity index is 1.80. The van der Waals surface area contributed by atoms with Crippen molar-refractivity contribution >= 4 is 17.5 Å². The van der Waals surface area contributed by atoms with E-state index in [-0.39, 0.29) is 11.8 Å². The lowest BCUT2D eigenvalue weighted by Gasteiger charge is -2.21. The molecule has 6 nitrogen and oxygen atoms in total. The Morgan fingerprint density at radius 3 is 2.12 bits per heavy atom. The number of hydrogen-bond donors (Lipinski definition) is 3. The summed E-state index contributed by atoms with van der Waals surface area (Å²) >= 11 is 0. The maximum atomic E-state index is 12.2. The van der Waals surface area contributed by atoms with Gasteiger partial charge in [-0.25, -0.2) is 0 Å². The Labute approximate surface area is 150 Å². The number of carbonyl (C=O) groups is 2. The first-order valence-corrected chi connectivity index (χ1v) is 9.41. The highest BCUT2D eigenvalue weighted by molar-refractivity contribution is 5.95. The minimum Gasteiger partial charge on any atom is -0.372 e. The van der Waals surface area contributed by atoms with E-state index in [4.69, 9.17) is 0 Å². The number of quaternary nitrogens is 1. The van der Waals surface area contributed by atoms with Gasteiger partial charge in [-0.2, -0.15) is 0 Å². The summed E-state index contributed by atoms with van der Waals surface area (Å²) in [5.74, 6) is -0.421. The molecule has 0 bridgehead atoms. The number of anilines is 1. The Hall–Kier alpha value is -2.08. The average molecular weight is 347 g/mol. The highest BCUT2D eigenvalue weighted by Crippen LogP contribution is 2.14. The zero-order chi connectivity index (χ0) is 18.1. The van der Waals surface area contributed by atoms with Crippen molar-refractivity contribution in [2.75, 3.05) is 37.6 Å². The molecule has 0 unspecified atom stereocenters. The highest BCUT2D eigenvalue weighted by atomic mass is 16.2. The second-order valence-corrected chi connectivity index (χ2v) is 6.56. The molecule has 1 saturated heterocycles. The van der Waals surface area contributed by atoms with Crippen LogP contribution in [0.1, 0.15) is 49.9 Å². The third kappa shape index (κ3) is 6.05. The van der Waals surface area contributed by atoms with Crippen LogP contribution in [0.4, 0.5) is 5.69 Å². The molecule has 3 N–H and O–H groups in total. The van der Waals surface area contributed by atoms with Crippen LogP contribution in [-0.2, 0) is 4.79 Å². The lowest BCUT2D eigenvalue weighted by Crippen LogP contribution is -3.13. The third-order valence-electron chi connectivity index (χ3n) is 4.79. The molecule has 6 heteroatoms. The van der Waals surface area contributed by atoms with Crippen LogP contribution >= 0.6 is 0 Å². The first kappa shape index (κ1) is 19.2. The van der Waals surface area contributed by atoms with Gasteiger partial charge in [0, 0.05) is 24.3 Å². The van der Waals surface area contributed by atoms with Crippen molar-refractivity contribution in [3.8, 4) is 0 Å². The fraction of sp³-hybridized carbons (Fsp3) is 0.579. The van der Waals surface area contributed by atoms with Crippen molar-refractivity contribution in [2.24, 2.45) is 0 Å². The molecule has 2 rings (SSSR count). The molecular weight excluding hydrogens is 316 g/mol. The van der Waals surface area contributed by atoms with Gasteiger partial charge in [-0.05, 0) is 63.8 Å². The number of hydrogen-bond acceptors (Lipinski definition) is 3. The summed E-state index contributed by atoms with van der Waals surface area (Å²) in [5, 5.41) is 0. The van der Waals surface area contributed by atoms with Crippen LogP contribution in [0.3, 0.4) is 0 Å². The number of nitrogens with zero attached hydrogens (tertiary/aromatic N) is 1. The standard InChI is InChI=1S/C19H30N4O2/c1-3-23(4-2)17-11-9-16(10-12-17)19(25)21-20-18(24)15-22-13-7-5-6-8-14-22/h9-12H,3-8,13-15H2,1-2H3,(H,20,24)(H,21,25)/p+1. The van der Waals surface area contributed by atoms with Crippen molar-refractivity contribution in [2.45, 2.75) is 39.5 Å². The quantitative estimate of drug-likeness (QED) is 0.666. The molecule has 2 amide bonds. The SMILES string of the molecule is CCN(CC)c1ccc(C(=O)NNC(=O)C[NH+]2CCCCCC2)cc1. The van der Waals surface area contributed by atoms with Crippen LogP contribution in [0, 0.1) is 0 Å². The van der Waals surface area contributed by atoms with Gasteiger partial charge < -0.3 is 9.80 Å². The van der Waals surface area contributed by atoms with Crippen LogP contribution in [0.25, 0.3) is 0 Å². The van der Waals surface area contributed by atoms with E-state index >= 15 is 0 Å². The van der Waals surface area contributed by atoms with Gasteiger partial charge in [0.1, 0.15) is 0 Å². The lowest BCUT2D eigenvalue weighted by molar-refractivity contribution is -0.891. The van der Waals surface area contributed by atoms with E-state index in [9.17, 15) is 9.59 Å². The van der Waals surface area contributed by atoms with Crippen LogP contribution in [0.5, 0.6) is 0 Å². The number of amides is 2. The van der Waals surface area contributed by atoms with Crippen molar-refractivity contribution in [3.05, 3.63) is 29.8 Å². The zero-order valence-corrected chi connectivity index (χ0v) is 15.4. The van der Waals surface area contributed by atoms with Gasteiger partial charge in [-0.15, -0.1) is 0 Å². The lowest BCUT2D eigenvalue weighted by atomic mass is 10.2. The fourth-order valence-corrected chi connectivity index (χ4v) is 3.29. The Kier molecular flexibility index (Phi) is 7.73. The summed E-state index contributed by atoms with van der Waals surface area (Å²) in [6.07, 6.45) is 4.86. The van der Waals surface area contributed by atoms with Gasteiger partial charge in [0.2, 0.25) is 0 Å². The average Bonchev–Trinajstić information content (AvgIpc) is 2.90. The maximum absolute atomic E-state index is 12.2. The summed E-state index contributed by atoms with van der Waals surface area (Å²) in [7, 11) is 0. The van der Waals surface area contributed by atoms with Crippen LogP contribution < -0.4 is 20.7 Å². The molecule has 0 atom stereocenters. The molecule has 138 valence electrons. The number of rotatable bonds is 6. The summed E-state index contributed by atoms with van der Waals surface area (Å²) < 4.78 is 0. The minimum atomic E-state index is -0.287. The first-order chi connectivity index (χ1) is 12.1. The molecule has 1 aromatic rings. The van der Waals surface area contributed by atoms with E-state index in [1.165, 1.54) is 30.6 Å². The second kappa shape index (κ2) is 10.0. The van der Waals surface area contributed by atoms with Gasteiger partial charge >= 0.3 is 0 Å². The first-order valence-electron chi connectivity index (χ1n) is 9.41.